The van der Waals surface area contributed by atoms with Crippen LogP contribution in [0.4, 0.5) is 10.1 Å². The van der Waals surface area contributed by atoms with Crippen molar-refractivity contribution < 1.29 is 22.7 Å². The van der Waals surface area contributed by atoms with E-state index >= 15 is 0 Å². The molecule has 0 amide bonds. The number of aromatic nitrogens is 1. The number of benzene rings is 1. The van der Waals surface area contributed by atoms with Crippen LogP contribution >= 0.6 is 0 Å². The maximum atomic E-state index is 13.2. The molecule has 0 saturated heterocycles. The molecular weight excluding hydrogens is 299 g/mol. The summed E-state index contributed by atoms with van der Waals surface area (Å²) in [7, 11) is -4.02. The number of aryl methyl sites for hydroxylation is 1. The van der Waals surface area contributed by atoms with Gasteiger partial charge in [-0.25, -0.2) is 22.6 Å². The molecule has 0 atom stereocenters. The molecule has 0 saturated carbocycles. The molecule has 0 aliphatic heterocycles. The molecule has 0 radical (unpaired) electrons. The van der Waals surface area contributed by atoms with E-state index < -0.39 is 21.8 Å². The average Bonchev–Trinajstić information content (AvgIpc) is 2.41. The molecule has 0 bridgehead atoms. The number of carbonyl (C=O) groups is 1. The van der Waals surface area contributed by atoms with Crippen LogP contribution in [0.5, 0.6) is 0 Å². The Morgan fingerprint density at radius 3 is 2.67 bits per heavy atom. The summed E-state index contributed by atoms with van der Waals surface area (Å²) in [6.07, 6.45) is 1.17. The van der Waals surface area contributed by atoms with Crippen molar-refractivity contribution in [3.05, 3.63) is 53.6 Å². The molecule has 0 aliphatic carbocycles. The van der Waals surface area contributed by atoms with E-state index in [2.05, 4.69) is 9.71 Å². The van der Waals surface area contributed by atoms with Crippen molar-refractivity contribution in [1.29, 1.82) is 0 Å². The van der Waals surface area contributed by atoms with Gasteiger partial charge in [-0.2, -0.15) is 0 Å². The van der Waals surface area contributed by atoms with Crippen LogP contribution in [0.1, 0.15) is 16.1 Å². The minimum atomic E-state index is -4.02. The lowest BCUT2D eigenvalue weighted by molar-refractivity contribution is 0.0690. The van der Waals surface area contributed by atoms with Crippen molar-refractivity contribution in [2.45, 2.75) is 11.8 Å². The Bertz CT molecular complexity index is 806. The predicted molar refractivity (Wildman–Crippen MR) is 73.1 cm³/mol. The number of nitrogens with zero attached hydrogens (tertiary/aromatic N) is 1. The van der Waals surface area contributed by atoms with E-state index in [0.29, 0.717) is 5.56 Å². The predicted octanol–water partition coefficient (Wildman–Crippen LogP) is 2.03. The summed E-state index contributed by atoms with van der Waals surface area (Å²) >= 11 is 0. The van der Waals surface area contributed by atoms with Crippen LogP contribution in [-0.4, -0.2) is 24.5 Å². The number of aromatic carboxylic acids is 1. The van der Waals surface area contributed by atoms with Crippen LogP contribution in [0.25, 0.3) is 0 Å². The number of pyridine rings is 1. The van der Waals surface area contributed by atoms with E-state index in [1.807, 2.05) is 0 Å². The zero-order valence-corrected chi connectivity index (χ0v) is 11.7. The minimum absolute atomic E-state index is 0.0334. The number of nitrogens with one attached hydrogen (secondary N) is 1. The van der Waals surface area contributed by atoms with Crippen LogP contribution in [0.2, 0.25) is 0 Å². The zero-order chi connectivity index (χ0) is 15.6. The third-order valence-electron chi connectivity index (χ3n) is 2.67. The SMILES string of the molecule is Cc1ccc(F)cc1S(=O)(=O)Nc1ccnc(C(=O)O)c1. The highest BCUT2D eigenvalue weighted by Crippen LogP contribution is 2.20. The maximum absolute atomic E-state index is 13.2. The molecule has 21 heavy (non-hydrogen) atoms. The standard InChI is InChI=1S/C13H11FN2O4S/c1-8-2-3-9(14)6-12(8)21(19,20)16-10-4-5-15-11(7-10)13(17)18/h2-7H,1H3,(H,15,16)(H,17,18). The molecule has 110 valence electrons. The van der Waals surface area contributed by atoms with Crippen molar-refractivity contribution in [3.8, 4) is 0 Å². The first-order valence-corrected chi connectivity index (χ1v) is 7.26. The largest absolute Gasteiger partial charge is 0.477 e. The molecule has 6 nitrogen and oxygen atoms in total. The number of carboxylic acid groups (broad SMARTS) is 1. The smallest absolute Gasteiger partial charge is 0.354 e. The van der Waals surface area contributed by atoms with Crippen LogP contribution in [0.3, 0.4) is 0 Å². The molecule has 1 aromatic carbocycles. The number of sulfonamides is 1. The van der Waals surface area contributed by atoms with Crippen LogP contribution in [0, 0.1) is 12.7 Å². The number of carboxylic acids is 1. The molecule has 2 rings (SSSR count). The van der Waals surface area contributed by atoms with Gasteiger partial charge in [-0.15, -0.1) is 0 Å². The van der Waals surface area contributed by atoms with Crippen molar-refractivity contribution in [1.82, 2.24) is 4.98 Å². The third kappa shape index (κ3) is 3.34. The summed E-state index contributed by atoms with van der Waals surface area (Å²) in [6, 6.07) is 5.78. The summed E-state index contributed by atoms with van der Waals surface area (Å²) in [5, 5.41) is 8.82. The number of anilines is 1. The third-order valence-corrected chi connectivity index (χ3v) is 4.19. The lowest BCUT2D eigenvalue weighted by Gasteiger charge is -2.10. The lowest BCUT2D eigenvalue weighted by atomic mass is 10.2. The highest BCUT2D eigenvalue weighted by atomic mass is 32.2. The molecule has 0 unspecified atom stereocenters. The van der Waals surface area contributed by atoms with Crippen molar-refractivity contribution in [2.75, 3.05) is 4.72 Å². The Morgan fingerprint density at radius 1 is 1.29 bits per heavy atom. The second-order valence-electron chi connectivity index (χ2n) is 4.25. The first-order valence-electron chi connectivity index (χ1n) is 5.78. The van der Waals surface area contributed by atoms with E-state index in [0.717, 1.165) is 18.2 Å². The Hall–Kier alpha value is -2.48. The second kappa shape index (κ2) is 5.49. The van der Waals surface area contributed by atoms with Gasteiger partial charge in [-0.3, -0.25) is 4.72 Å². The first-order chi connectivity index (χ1) is 9.79. The number of hydrogen-bond donors (Lipinski definition) is 2. The van der Waals surface area contributed by atoms with E-state index in [-0.39, 0.29) is 16.3 Å². The zero-order valence-electron chi connectivity index (χ0n) is 10.9. The molecule has 0 spiro atoms. The fourth-order valence-corrected chi connectivity index (χ4v) is 2.99. The molecule has 1 heterocycles. The van der Waals surface area contributed by atoms with Gasteiger partial charge in [-0.1, -0.05) is 6.07 Å². The summed E-state index contributed by atoms with van der Waals surface area (Å²) in [4.78, 5) is 14.2. The number of halogens is 1. The highest BCUT2D eigenvalue weighted by Gasteiger charge is 2.18. The first kappa shape index (κ1) is 14.9. The molecule has 2 N–H and O–H groups in total. The highest BCUT2D eigenvalue weighted by molar-refractivity contribution is 7.92. The van der Waals surface area contributed by atoms with E-state index in [4.69, 9.17) is 5.11 Å². The normalized spacial score (nSPS) is 11.1. The summed E-state index contributed by atoms with van der Waals surface area (Å²) < 4.78 is 39.8. The topological polar surface area (TPSA) is 96.4 Å². The van der Waals surface area contributed by atoms with Gasteiger partial charge in [0.1, 0.15) is 11.5 Å². The van der Waals surface area contributed by atoms with Gasteiger partial charge >= 0.3 is 5.97 Å². The van der Waals surface area contributed by atoms with Gasteiger partial charge in [0.15, 0.2) is 0 Å². The van der Waals surface area contributed by atoms with Gasteiger partial charge in [0.2, 0.25) is 0 Å². The van der Waals surface area contributed by atoms with Crippen molar-refractivity contribution >= 4 is 21.7 Å². The van der Waals surface area contributed by atoms with Gasteiger partial charge in [0, 0.05) is 6.20 Å². The summed E-state index contributed by atoms with van der Waals surface area (Å²) in [5.74, 6) is -1.96. The van der Waals surface area contributed by atoms with Gasteiger partial charge in [-0.05, 0) is 36.8 Å². The fraction of sp³-hybridized carbons (Fsp3) is 0.0769. The monoisotopic (exact) mass is 310 g/mol. The van der Waals surface area contributed by atoms with E-state index in [1.54, 1.807) is 0 Å². The second-order valence-corrected chi connectivity index (χ2v) is 5.90. The molecular formula is C13H11FN2O4S. The Morgan fingerprint density at radius 2 is 2.00 bits per heavy atom. The van der Waals surface area contributed by atoms with E-state index in [1.165, 1.54) is 25.3 Å². The van der Waals surface area contributed by atoms with Crippen molar-refractivity contribution in [2.24, 2.45) is 0 Å². The fourth-order valence-electron chi connectivity index (χ4n) is 1.68. The van der Waals surface area contributed by atoms with Gasteiger partial charge in [0.05, 0.1) is 10.6 Å². The van der Waals surface area contributed by atoms with Crippen molar-refractivity contribution in [3.63, 3.8) is 0 Å². The van der Waals surface area contributed by atoms with E-state index in [9.17, 15) is 17.6 Å². The quantitative estimate of drug-likeness (QED) is 0.900. The number of hydrogen-bond acceptors (Lipinski definition) is 4. The number of rotatable bonds is 4. The molecule has 0 aliphatic rings. The Labute approximate surface area is 120 Å². The maximum Gasteiger partial charge on any atom is 0.354 e. The molecule has 1 aromatic heterocycles. The molecule has 8 heteroatoms. The van der Waals surface area contributed by atoms with Gasteiger partial charge < -0.3 is 5.11 Å². The van der Waals surface area contributed by atoms with Crippen LogP contribution in [-0.2, 0) is 10.0 Å². The lowest BCUT2D eigenvalue weighted by Crippen LogP contribution is -2.15. The summed E-state index contributed by atoms with van der Waals surface area (Å²) in [6.45, 7) is 1.53. The summed E-state index contributed by atoms with van der Waals surface area (Å²) in [5.41, 5.74) is 0.105. The van der Waals surface area contributed by atoms with Crippen LogP contribution < -0.4 is 4.72 Å². The van der Waals surface area contributed by atoms with Crippen LogP contribution in [0.15, 0.2) is 41.4 Å². The Kier molecular flexibility index (Phi) is 3.90. The average molecular weight is 310 g/mol. The Balaban J connectivity index is 2.40. The molecule has 0 fully saturated rings. The van der Waals surface area contributed by atoms with Gasteiger partial charge in [0.25, 0.3) is 10.0 Å². The molecule has 2 aromatic rings. The minimum Gasteiger partial charge on any atom is -0.477 e.